The molecule has 144 valence electrons. The monoisotopic (exact) mass is 366 g/mol. The van der Waals surface area contributed by atoms with Crippen molar-refractivity contribution in [2.75, 3.05) is 6.61 Å². The lowest BCUT2D eigenvalue weighted by Crippen LogP contribution is -2.54. The van der Waals surface area contributed by atoms with Crippen molar-refractivity contribution in [1.29, 1.82) is 0 Å². The van der Waals surface area contributed by atoms with E-state index in [0.29, 0.717) is 0 Å². The summed E-state index contributed by atoms with van der Waals surface area (Å²) in [5.74, 6) is -1.45. The van der Waals surface area contributed by atoms with Gasteiger partial charge in [-0.1, -0.05) is 44.2 Å². The Kier molecular flexibility index (Phi) is 7.10. The number of nitrogens with one attached hydrogen (secondary N) is 2. The van der Waals surface area contributed by atoms with Crippen LogP contribution in [0.5, 0.6) is 0 Å². The van der Waals surface area contributed by atoms with Crippen LogP contribution < -0.4 is 10.6 Å². The molecule has 1 saturated heterocycles. The third-order valence-corrected chi connectivity index (χ3v) is 4.42. The van der Waals surface area contributed by atoms with Crippen LogP contribution in [0.4, 0.5) is 0 Å². The molecule has 1 fully saturated rings. The van der Waals surface area contributed by atoms with E-state index in [2.05, 4.69) is 10.6 Å². The number of hydrogen-bond donors (Lipinski definition) is 5. The molecule has 0 unspecified atom stereocenters. The minimum Gasteiger partial charge on any atom is -0.459 e. The van der Waals surface area contributed by atoms with Gasteiger partial charge in [0.25, 0.3) is 0 Å². The SMILES string of the molecule is CC(C)[C@H](NC(=O)[C@@H]1N[C@H](CO)[C@@H](O)[C@H]1O)C(=O)OCc1ccccc1. The average Bonchev–Trinajstić information content (AvgIpc) is 2.92. The maximum atomic E-state index is 12.4. The van der Waals surface area contributed by atoms with Crippen LogP contribution in [0.15, 0.2) is 30.3 Å². The second kappa shape index (κ2) is 9.09. The zero-order chi connectivity index (χ0) is 19.3. The molecule has 1 aromatic carbocycles. The van der Waals surface area contributed by atoms with Gasteiger partial charge in [-0.3, -0.25) is 10.1 Å². The van der Waals surface area contributed by atoms with Crippen LogP contribution in [0.2, 0.25) is 0 Å². The molecular weight excluding hydrogens is 340 g/mol. The molecule has 8 nitrogen and oxygen atoms in total. The standard InChI is InChI=1S/C18H26N2O6/c1-10(2)13(18(25)26-9-11-6-4-3-5-7-11)20-17(24)14-16(23)15(22)12(8-21)19-14/h3-7,10,12-16,19,21-23H,8-9H2,1-2H3,(H,20,24)/t12-,13+,14-,15-,16+/m1/s1. The van der Waals surface area contributed by atoms with E-state index in [1.54, 1.807) is 13.8 Å². The van der Waals surface area contributed by atoms with E-state index in [9.17, 15) is 19.8 Å². The van der Waals surface area contributed by atoms with Gasteiger partial charge in [0.15, 0.2) is 0 Å². The van der Waals surface area contributed by atoms with Gasteiger partial charge in [-0.15, -0.1) is 0 Å². The van der Waals surface area contributed by atoms with Crippen molar-refractivity contribution in [2.24, 2.45) is 5.92 Å². The van der Waals surface area contributed by atoms with Crippen LogP contribution >= 0.6 is 0 Å². The molecular formula is C18H26N2O6. The predicted molar refractivity (Wildman–Crippen MR) is 92.8 cm³/mol. The largest absolute Gasteiger partial charge is 0.459 e. The third-order valence-electron chi connectivity index (χ3n) is 4.42. The number of carbonyl (C=O) groups is 2. The Morgan fingerprint density at radius 2 is 1.85 bits per heavy atom. The molecule has 0 radical (unpaired) electrons. The van der Waals surface area contributed by atoms with Crippen molar-refractivity contribution in [1.82, 2.24) is 10.6 Å². The van der Waals surface area contributed by atoms with Crippen LogP contribution in [0.1, 0.15) is 19.4 Å². The molecule has 1 aliphatic rings. The molecule has 1 amide bonds. The second-order valence-electron chi connectivity index (χ2n) is 6.74. The first-order valence-corrected chi connectivity index (χ1v) is 8.59. The van der Waals surface area contributed by atoms with Crippen molar-refractivity contribution < 1.29 is 29.6 Å². The molecule has 26 heavy (non-hydrogen) atoms. The molecule has 0 aliphatic carbocycles. The summed E-state index contributed by atoms with van der Waals surface area (Å²) in [4.78, 5) is 24.8. The molecule has 1 aliphatic heterocycles. The molecule has 0 bridgehead atoms. The molecule has 5 N–H and O–H groups in total. The van der Waals surface area contributed by atoms with E-state index in [1.807, 2.05) is 30.3 Å². The van der Waals surface area contributed by atoms with E-state index in [1.165, 1.54) is 0 Å². The minimum absolute atomic E-state index is 0.0916. The van der Waals surface area contributed by atoms with Gasteiger partial charge in [0.2, 0.25) is 5.91 Å². The lowest BCUT2D eigenvalue weighted by Gasteiger charge is -2.24. The Labute approximate surface area is 152 Å². The highest BCUT2D eigenvalue weighted by molar-refractivity contribution is 5.88. The van der Waals surface area contributed by atoms with Crippen LogP contribution in [0, 0.1) is 5.92 Å². The van der Waals surface area contributed by atoms with Crippen LogP contribution in [0.25, 0.3) is 0 Å². The Morgan fingerprint density at radius 1 is 1.19 bits per heavy atom. The predicted octanol–water partition coefficient (Wildman–Crippen LogP) is -1.07. The van der Waals surface area contributed by atoms with Gasteiger partial charge < -0.3 is 25.4 Å². The first-order chi connectivity index (χ1) is 12.3. The number of hydrogen-bond acceptors (Lipinski definition) is 7. The molecule has 5 atom stereocenters. The normalized spacial score (nSPS) is 26.5. The molecule has 1 heterocycles. The Balaban J connectivity index is 1.96. The van der Waals surface area contributed by atoms with Gasteiger partial charge in [-0.05, 0) is 11.5 Å². The summed E-state index contributed by atoms with van der Waals surface area (Å²) in [5, 5.41) is 34.1. The van der Waals surface area contributed by atoms with Crippen LogP contribution in [0.3, 0.4) is 0 Å². The first-order valence-electron chi connectivity index (χ1n) is 8.59. The van der Waals surface area contributed by atoms with Crippen molar-refractivity contribution in [3.63, 3.8) is 0 Å². The number of rotatable bonds is 7. The number of amides is 1. The fourth-order valence-corrected chi connectivity index (χ4v) is 2.81. The quantitative estimate of drug-likeness (QED) is 0.389. The zero-order valence-electron chi connectivity index (χ0n) is 14.8. The summed E-state index contributed by atoms with van der Waals surface area (Å²) in [6, 6.07) is 6.36. The lowest BCUT2D eigenvalue weighted by atomic mass is 10.0. The number of aliphatic hydroxyl groups is 3. The van der Waals surface area contributed by atoms with Crippen molar-refractivity contribution >= 4 is 11.9 Å². The Morgan fingerprint density at radius 3 is 2.38 bits per heavy atom. The van der Waals surface area contributed by atoms with Gasteiger partial charge in [0.05, 0.1) is 18.8 Å². The minimum atomic E-state index is -1.37. The highest BCUT2D eigenvalue weighted by Gasteiger charge is 2.45. The van der Waals surface area contributed by atoms with E-state index >= 15 is 0 Å². The summed E-state index contributed by atoms with van der Waals surface area (Å²) < 4.78 is 5.28. The second-order valence-corrected chi connectivity index (χ2v) is 6.74. The number of benzene rings is 1. The van der Waals surface area contributed by atoms with Gasteiger partial charge in [0, 0.05) is 0 Å². The van der Waals surface area contributed by atoms with Gasteiger partial charge >= 0.3 is 5.97 Å². The summed E-state index contributed by atoms with van der Waals surface area (Å²) >= 11 is 0. The Bertz CT molecular complexity index is 609. The molecule has 2 rings (SSSR count). The molecule has 1 aromatic rings. The van der Waals surface area contributed by atoms with Gasteiger partial charge in [-0.2, -0.15) is 0 Å². The number of carbonyl (C=O) groups excluding carboxylic acids is 2. The van der Waals surface area contributed by atoms with Gasteiger partial charge in [-0.25, -0.2) is 4.79 Å². The summed E-state index contributed by atoms with van der Waals surface area (Å²) in [5.41, 5.74) is 0.830. The summed E-state index contributed by atoms with van der Waals surface area (Å²) in [6.07, 6.45) is -2.64. The fraction of sp³-hybridized carbons (Fsp3) is 0.556. The molecule has 0 aromatic heterocycles. The van der Waals surface area contributed by atoms with E-state index in [4.69, 9.17) is 9.84 Å². The topological polar surface area (TPSA) is 128 Å². The fourth-order valence-electron chi connectivity index (χ4n) is 2.81. The summed E-state index contributed by atoms with van der Waals surface area (Å²) in [6.45, 7) is 3.19. The maximum Gasteiger partial charge on any atom is 0.329 e. The number of esters is 1. The molecule has 0 spiro atoms. The number of aliphatic hydroxyl groups excluding tert-OH is 3. The lowest BCUT2D eigenvalue weighted by molar-refractivity contribution is -0.151. The van der Waals surface area contributed by atoms with E-state index in [-0.39, 0.29) is 12.5 Å². The van der Waals surface area contributed by atoms with E-state index < -0.39 is 48.8 Å². The smallest absolute Gasteiger partial charge is 0.329 e. The zero-order valence-corrected chi connectivity index (χ0v) is 14.8. The van der Waals surface area contributed by atoms with Crippen molar-refractivity contribution in [3.8, 4) is 0 Å². The van der Waals surface area contributed by atoms with Crippen LogP contribution in [-0.2, 0) is 20.9 Å². The highest BCUT2D eigenvalue weighted by Crippen LogP contribution is 2.16. The van der Waals surface area contributed by atoms with Gasteiger partial charge in [0.1, 0.15) is 24.8 Å². The van der Waals surface area contributed by atoms with Crippen molar-refractivity contribution in [2.45, 2.75) is 50.8 Å². The van der Waals surface area contributed by atoms with Crippen molar-refractivity contribution in [3.05, 3.63) is 35.9 Å². The molecule has 8 heteroatoms. The molecule has 0 saturated carbocycles. The highest BCUT2D eigenvalue weighted by atomic mass is 16.5. The first kappa shape index (κ1) is 20.3. The Hall–Kier alpha value is -2.00. The van der Waals surface area contributed by atoms with Crippen LogP contribution in [-0.4, -0.2) is 64.1 Å². The number of ether oxygens (including phenoxy) is 1. The van der Waals surface area contributed by atoms with E-state index in [0.717, 1.165) is 5.56 Å². The average molecular weight is 366 g/mol. The maximum absolute atomic E-state index is 12.4. The summed E-state index contributed by atoms with van der Waals surface area (Å²) in [7, 11) is 0. The third kappa shape index (κ3) is 4.79.